The quantitative estimate of drug-likeness (QED) is 0.559. The van der Waals surface area contributed by atoms with E-state index in [2.05, 4.69) is 62.9 Å². The Balaban J connectivity index is -0.0000000628. The summed E-state index contributed by atoms with van der Waals surface area (Å²) < 4.78 is 0. The van der Waals surface area contributed by atoms with E-state index in [0.717, 1.165) is 6.54 Å². The monoisotopic (exact) mass is 314 g/mol. The van der Waals surface area contributed by atoms with Crippen LogP contribution in [0.15, 0.2) is 12.4 Å². The average molecular weight is 314 g/mol. The molecule has 1 heterocycles. The van der Waals surface area contributed by atoms with Crippen LogP contribution < -0.4 is 0 Å². The van der Waals surface area contributed by atoms with E-state index >= 15 is 0 Å². The molecular formula is C12H19CoN2O4-5. The Kier molecular flexibility index (Phi) is 57.7. The fraction of sp³-hybridized carbons (Fsp3) is 0.417. The van der Waals surface area contributed by atoms with E-state index in [4.69, 9.17) is 19.2 Å². The number of carbonyl (C=O) groups excluding carboxylic acids is 4. The van der Waals surface area contributed by atoms with E-state index in [9.17, 15) is 0 Å². The van der Waals surface area contributed by atoms with Gasteiger partial charge in [0.05, 0.1) is 0 Å². The molecule has 0 aliphatic carbocycles. The topological polar surface area (TPSA) is 74.8 Å². The van der Waals surface area contributed by atoms with Gasteiger partial charge in [0.25, 0.3) is 0 Å². The first-order valence-electron chi connectivity index (χ1n) is 4.78. The van der Waals surface area contributed by atoms with Gasteiger partial charge in [-0.2, -0.15) is 6.67 Å². The van der Waals surface area contributed by atoms with Gasteiger partial charge in [-0.25, -0.2) is 0 Å². The Labute approximate surface area is 126 Å². The van der Waals surface area contributed by atoms with Crippen LogP contribution in [-0.2, 0) is 36.0 Å². The standard InChI is InChI=1S/C8H15N2.4CHO.Co/c1-3-4-5-10-7-6-9(2)8-10;4*1-2;/h6-8H,3-5H2,1-2H3;4*1H;/q5*-1;. The second kappa shape index (κ2) is 36.0. The van der Waals surface area contributed by atoms with Gasteiger partial charge in [-0.05, 0) is 32.4 Å². The molecule has 6 nitrogen and oxygen atoms in total. The second-order valence-corrected chi connectivity index (χ2v) is 2.67. The molecule has 0 fully saturated rings. The zero-order chi connectivity index (χ0) is 15.4. The van der Waals surface area contributed by atoms with Crippen molar-refractivity contribution in [2.45, 2.75) is 19.8 Å². The maximum Gasteiger partial charge on any atom is 0 e. The van der Waals surface area contributed by atoms with E-state index in [0.29, 0.717) is 0 Å². The molecular weight excluding hydrogens is 295 g/mol. The summed E-state index contributed by atoms with van der Waals surface area (Å²) in [5.74, 6) is 0. The van der Waals surface area contributed by atoms with Gasteiger partial charge in [-0.1, -0.05) is 13.3 Å². The van der Waals surface area contributed by atoms with Crippen molar-refractivity contribution in [3.05, 3.63) is 19.1 Å². The molecule has 0 aromatic rings. The molecule has 19 heavy (non-hydrogen) atoms. The first-order chi connectivity index (χ1) is 8.83. The summed E-state index contributed by atoms with van der Waals surface area (Å²) in [6, 6.07) is 0. The smallest absolute Gasteiger partial charge is 0 e. The Morgan fingerprint density at radius 3 is 1.63 bits per heavy atom. The summed E-state index contributed by atoms with van der Waals surface area (Å²) in [4.78, 5) is 35.3. The molecule has 0 amide bonds. The van der Waals surface area contributed by atoms with E-state index in [1.807, 2.05) is 7.05 Å². The van der Waals surface area contributed by atoms with Crippen LogP contribution in [0.25, 0.3) is 0 Å². The molecule has 0 saturated heterocycles. The minimum absolute atomic E-state index is 0. The van der Waals surface area contributed by atoms with Gasteiger partial charge in [0.2, 0.25) is 0 Å². The summed E-state index contributed by atoms with van der Waals surface area (Å²) in [5, 5.41) is 0. The molecule has 0 aromatic carbocycles. The van der Waals surface area contributed by atoms with Gasteiger partial charge in [0.1, 0.15) is 0 Å². The Morgan fingerprint density at radius 1 is 0.947 bits per heavy atom. The summed E-state index contributed by atoms with van der Waals surface area (Å²) in [6.45, 7) is 18.5. The third kappa shape index (κ3) is 26.2. The Hall–Kier alpha value is -1.47. The zero-order valence-corrected chi connectivity index (χ0v) is 12.1. The third-order valence-corrected chi connectivity index (χ3v) is 1.59. The van der Waals surface area contributed by atoms with Crippen LogP contribution >= 0.6 is 0 Å². The molecule has 0 aromatic heterocycles. The molecule has 1 radical (unpaired) electrons. The molecule has 0 saturated carbocycles. The summed E-state index contributed by atoms with van der Waals surface area (Å²) in [7, 11) is 2.04. The van der Waals surface area contributed by atoms with Gasteiger partial charge in [-0.15, -0.1) is 0 Å². The predicted octanol–water partition coefficient (Wildman–Crippen LogP) is 0.525. The molecule has 7 heteroatoms. The van der Waals surface area contributed by atoms with Crippen molar-refractivity contribution in [3.63, 3.8) is 0 Å². The van der Waals surface area contributed by atoms with Crippen LogP contribution in [0.4, 0.5) is 0 Å². The van der Waals surface area contributed by atoms with Crippen molar-refractivity contribution < 1.29 is 36.0 Å². The van der Waals surface area contributed by atoms with Crippen molar-refractivity contribution in [1.82, 2.24) is 9.80 Å². The number of hydrogen-bond donors (Lipinski definition) is 0. The maximum absolute atomic E-state index is 7.75. The Morgan fingerprint density at radius 2 is 1.37 bits per heavy atom. The third-order valence-electron chi connectivity index (χ3n) is 1.59. The zero-order valence-electron chi connectivity index (χ0n) is 11.0. The fourth-order valence-corrected chi connectivity index (χ4v) is 0.975. The molecule has 0 N–H and O–H groups in total. The average Bonchev–Trinajstić information content (AvgIpc) is 2.91. The van der Waals surface area contributed by atoms with Gasteiger partial charge in [-0.3, -0.25) is 27.2 Å². The Bertz CT molecular complexity index is 177. The van der Waals surface area contributed by atoms with Gasteiger partial charge >= 0.3 is 0 Å². The minimum atomic E-state index is 0. The van der Waals surface area contributed by atoms with Crippen molar-refractivity contribution in [3.8, 4) is 0 Å². The van der Waals surface area contributed by atoms with Crippen LogP contribution in [0, 0.1) is 6.67 Å². The van der Waals surface area contributed by atoms with Crippen molar-refractivity contribution in [2.24, 2.45) is 0 Å². The summed E-state index contributed by atoms with van der Waals surface area (Å²) in [6.07, 6.45) is 6.71. The summed E-state index contributed by atoms with van der Waals surface area (Å²) in [5.41, 5.74) is 0. The molecule has 1 rings (SSSR count). The normalized spacial score (nSPS) is 9.79. The molecule has 1 aliphatic rings. The maximum atomic E-state index is 7.75. The van der Waals surface area contributed by atoms with Crippen molar-refractivity contribution in [1.29, 1.82) is 0 Å². The van der Waals surface area contributed by atoms with Gasteiger partial charge in [0.15, 0.2) is 0 Å². The van der Waals surface area contributed by atoms with Crippen molar-refractivity contribution in [2.75, 3.05) is 13.6 Å². The second-order valence-electron chi connectivity index (χ2n) is 2.67. The first-order valence-corrected chi connectivity index (χ1v) is 4.78. The molecule has 0 spiro atoms. The first kappa shape index (κ1) is 30.5. The molecule has 0 unspecified atom stereocenters. The predicted molar refractivity (Wildman–Crippen MR) is 69.8 cm³/mol. The number of nitrogens with zero attached hydrogens (tertiary/aromatic N) is 2. The van der Waals surface area contributed by atoms with E-state index in [1.54, 1.807) is 0 Å². The molecule has 115 valence electrons. The van der Waals surface area contributed by atoms with Gasteiger partial charge < -0.3 is 29.0 Å². The number of hydrogen-bond acceptors (Lipinski definition) is 6. The summed E-state index contributed by atoms with van der Waals surface area (Å²) >= 11 is 0. The van der Waals surface area contributed by atoms with Crippen molar-refractivity contribution >= 4 is 27.2 Å². The molecule has 0 bridgehead atoms. The van der Waals surface area contributed by atoms with E-state index in [1.165, 1.54) is 12.8 Å². The van der Waals surface area contributed by atoms with Gasteiger partial charge in [0, 0.05) is 16.8 Å². The van der Waals surface area contributed by atoms with Crippen LogP contribution in [0.2, 0.25) is 0 Å². The van der Waals surface area contributed by atoms with Crippen LogP contribution in [0.1, 0.15) is 19.8 Å². The molecule has 1 aliphatic heterocycles. The number of rotatable bonds is 3. The van der Waals surface area contributed by atoms with E-state index < -0.39 is 0 Å². The SMILES string of the molecule is CCCCN1C=CN(C)[CH-]1.[CH-]=O.[CH-]=O.[CH-]=O.[CH-]=O.[Co]. The van der Waals surface area contributed by atoms with Crippen LogP contribution in [0.5, 0.6) is 0 Å². The van der Waals surface area contributed by atoms with E-state index in [-0.39, 0.29) is 16.8 Å². The molecule has 0 atom stereocenters. The largest absolute Gasteiger partial charge is 0.545 e. The fourth-order valence-electron chi connectivity index (χ4n) is 0.975. The van der Waals surface area contributed by atoms with Crippen LogP contribution in [-0.4, -0.2) is 50.5 Å². The number of unbranched alkanes of at least 4 members (excludes halogenated alkanes) is 1. The minimum Gasteiger partial charge on any atom is -0.545 e. The van der Waals surface area contributed by atoms with Crippen LogP contribution in [0.3, 0.4) is 0 Å².